The molecule has 1 unspecified atom stereocenters. The molecular weight excluding hydrogens is 300 g/mol. The van der Waals surface area contributed by atoms with Crippen LogP contribution in [0.15, 0.2) is 0 Å². The van der Waals surface area contributed by atoms with Crippen LogP contribution in [-0.2, 0) is 9.53 Å². The van der Waals surface area contributed by atoms with Crippen molar-refractivity contribution in [3.05, 3.63) is 0 Å². The van der Waals surface area contributed by atoms with E-state index in [-0.39, 0.29) is 11.5 Å². The maximum absolute atomic E-state index is 12.0. The summed E-state index contributed by atoms with van der Waals surface area (Å²) in [4.78, 5) is 12.0. The van der Waals surface area contributed by atoms with Gasteiger partial charge in [-0.3, -0.25) is 4.79 Å². The fourth-order valence-corrected chi connectivity index (χ4v) is 4.67. The summed E-state index contributed by atoms with van der Waals surface area (Å²) in [5.41, 5.74) is -0.374. The number of hydrogen-bond donors (Lipinski definition) is 1. The summed E-state index contributed by atoms with van der Waals surface area (Å²) in [6.45, 7) is 0.754. The van der Waals surface area contributed by atoms with Crippen LogP contribution >= 0.6 is 0 Å². The topological polar surface area (TPSA) is 46.5 Å². The van der Waals surface area contributed by atoms with Crippen LogP contribution in [0.3, 0.4) is 0 Å². The minimum atomic E-state index is -0.627. The molecule has 0 radical (unpaired) electrons. The summed E-state index contributed by atoms with van der Waals surface area (Å²) < 4.78 is 6.36. The first-order chi connectivity index (χ1) is 11.7. The molecule has 140 valence electrons. The van der Waals surface area contributed by atoms with E-state index in [1.54, 1.807) is 0 Å². The predicted octanol–water partition coefficient (Wildman–Crippen LogP) is 6.10. The summed E-state index contributed by atoms with van der Waals surface area (Å²) in [6, 6.07) is 0. The molecule has 3 heteroatoms. The van der Waals surface area contributed by atoms with Gasteiger partial charge in [0, 0.05) is 6.61 Å². The molecule has 24 heavy (non-hydrogen) atoms. The van der Waals surface area contributed by atoms with Gasteiger partial charge in [-0.05, 0) is 25.7 Å². The molecule has 1 saturated heterocycles. The predicted molar refractivity (Wildman–Crippen MR) is 98.3 cm³/mol. The molecule has 1 heterocycles. The Morgan fingerprint density at radius 2 is 1.17 bits per heavy atom. The van der Waals surface area contributed by atoms with Crippen molar-refractivity contribution in [2.75, 3.05) is 6.61 Å². The molecule has 2 fully saturated rings. The van der Waals surface area contributed by atoms with Crippen molar-refractivity contribution >= 4 is 5.97 Å². The SMILES string of the molecule is O=C(O)C1CCCCCCCCCCCCCOC12CCCCC2. The molecule has 1 spiro atoms. The lowest BCUT2D eigenvalue weighted by atomic mass is 9.73. The lowest BCUT2D eigenvalue weighted by Crippen LogP contribution is -2.46. The van der Waals surface area contributed by atoms with E-state index < -0.39 is 5.97 Å². The summed E-state index contributed by atoms with van der Waals surface area (Å²) in [5.74, 6) is -0.927. The molecule has 2 rings (SSSR count). The molecule has 0 bridgehead atoms. The Bertz CT molecular complexity index is 347. The monoisotopic (exact) mass is 338 g/mol. The van der Waals surface area contributed by atoms with Gasteiger partial charge in [-0.15, -0.1) is 0 Å². The van der Waals surface area contributed by atoms with Gasteiger partial charge in [-0.2, -0.15) is 0 Å². The standard InChI is InChI=1S/C21H38O3/c22-20(23)19-15-11-8-6-4-2-1-3-5-7-9-14-18-24-21(19)16-12-10-13-17-21/h19H,1-18H2,(H,22,23). The first-order valence-corrected chi connectivity index (χ1v) is 10.6. The zero-order valence-corrected chi connectivity index (χ0v) is 15.6. The van der Waals surface area contributed by atoms with Crippen molar-refractivity contribution < 1.29 is 14.6 Å². The average molecular weight is 339 g/mol. The highest BCUT2D eigenvalue weighted by Gasteiger charge is 2.44. The quantitative estimate of drug-likeness (QED) is 0.628. The third-order valence-electron chi connectivity index (χ3n) is 6.16. The van der Waals surface area contributed by atoms with Gasteiger partial charge < -0.3 is 9.84 Å². The third-order valence-corrected chi connectivity index (χ3v) is 6.16. The Morgan fingerprint density at radius 3 is 1.71 bits per heavy atom. The zero-order chi connectivity index (χ0) is 17.1. The summed E-state index contributed by atoms with van der Waals surface area (Å²) in [7, 11) is 0. The van der Waals surface area contributed by atoms with Crippen molar-refractivity contribution in [1.82, 2.24) is 0 Å². The van der Waals surface area contributed by atoms with E-state index >= 15 is 0 Å². The molecule has 1 N–H and O–H groups in total. The van der Waals surface area contributed by atoms with Crippen LogP contribution < -0.4 is 0 Å². The van der Waals surface area contributed by atoms with E-state index in [0.717, 1.165) is 51.6 Å². The van der Waals surface area contributed by atoms with Crippen LogP contribution in [0.1, 0.15) is 109 Å². The molecule has 1 atom stereocenters. The molecular formula is C21H38O3. The molecule has 0 aromatic heterocycles. The van der Waals surface area contributed by atoms with Crippen LogP contribution in [0.4, 0.5) is 0 Å². The molecule has 1 aliphatic heterocycles. The van der Waals surface area contributed by atoms with Gasteiger partial charge in [0.05, 0.1) is 11.5 Å². The first-order valence-electron chi connectivity index (χ1n) is 10.6. The van der Waals surface area contributed by atoms with Crippen LogP contribution in [0, 0.1) is 5.92 Å². The van der Waals surface area contributed by atoms with E-state index in [9.17, 15) is 9.90 Å². The zero-order valence-electron chi connectivity index (χ0n) is 15.6. The highest BCUT2D eigenvalue weighted by atomic mass is 16.5. The largest absolute Gasteiger partial charge is 0.481 e. The van der Waals surface area contributed by atoms with E-state index in [4.69, 9.17) is 4.74 Å². The van der Waals surface area contributed by atoms with Crippen LogP contribution in [0.5, 0.6) is 0 Å². The van der Waals surface area contributed by atoms with Crippen molar-refractivity contribution in [3.8, 4) is 0 Å². The van der Waals surface area contributed by atoms with Crippen molar-refractivity contribution in [3.63, 3.8) is 0 Å². The van der Waals surface area contributed by atoms with Crippen molar-refractivity contribution in [1.29, 1.82) is 0 Å². The first kappa shape index (κ1) is 19.8. The highest BCUT2D eigenvalue weighted by molar-refractivity contribution is 5.71. The Kier molecular flexibility index (Phi) is 9.15. The Balaban J connectivity index is 1.97. The second-order valence-electron chi connectivity index (χ2n) is 8.04. The molecule has 0 aromatic rings. The fourth-order valence-electron chi connectivity index (χ4n) is 4.67. The fraction of sp³-hybridized carbons (Fsp3) is 0.952. The number of ether oxygens (including phenoxy) is 1. The molecule has 2 aliphatic rings. The number of carboxylic acids is 1. The van der Waals surface area contributed by atoms with Gasteiger partial charge in [0.25, 0.3) is 0 Å². The maximum Gasteiger partial charge on any atom is 0.309 e. The normalized spacial score (nSPS) is 28.4. The van der Waals surface area contributed by atoms with Gasteiger partial charge in [-0.25, -0.2) is 0 Å². The Hall–Kier alpha value is -0.570. The lowest BCUT2D eigenvalue weighted by Gasteiger charge is -2.42. The molecule has 0 amide bonds. The van der Waals surface area contributed by atoms with Crippen LogP contribution in [0.2, 0.25) is 0 Å². The minimum Gasteiger partial charge on any atom is -0.481 e. The smallest absolute Gasteiger partial charge is 0.309 e. The average Bonchev–Trinajstić information content (AvgIpc) is 2.58. The third kappa shape index (κ3) is 6.38. The van der Waals surface area contributed by atoms with Crippen molar-refractivity contribution in [2.24, 2.45) is 5.92 Å². The minimum absolute atomic E-state index is 0.300. The van der Waals surface area contributed by atoms with Gasteiger partial charge in [0.1, 0.15) is 0 Å². The number of carboxylic acid groups (broad SMARTS) is 1. The van der Waals surface area contributed by atoms with E-state index in [1.807, 2.05) is 0 Å². The van der Waals surface area contributed by atoms with E-state index in [1.165, 1.54) is 64.2 Å². The number of rotatable bonds is 1. The Labute approximate surface area is 148 Å². The van der Waals surface area contributed by atoms with Gasteiger partial charge >= 0.3 is 5.97 Å². The maximum atomic E-state index is 12.0. The Morgan fingerprint density at radius 1 is 0.708 bits per heavy atom. The molecule has 1 aliphatic carbocycles. The van der Waals surface area contributed by atoms with Gasteiger partial charge in [0.15, 0.2) is 0 Å². The second kappa shape index (κ2) is 11.1. The molecule has 1 saturated carbocycles. The second-order valence-corrected chi connectivity index (χ2v) is 8.04. The van der Waals surface area contributed by atoms with E-state index in [0.29, 0.717) is 0 Å². The highest BCUT2D eigenvalue weighted by Crippen LogP contribution is 2.40. The van der Waals surface area contributed by atoms with Crippen LogP contribution in [-0.4, -0.2) is 23.3 Å². The van der Waals surface area contributed by atoms with E-state index in [2.05, 4.69) is 0 Å². The van der Waals surface area contributed by atoms with Gasteiger partial charge in [0.2, 0.25) is 0 Å². The summed E-state index contributed by atoms with van der Waals surface area (Å²) in [5, 5.41) is 9.86. The molecule has 3 nitrogen and oxygen atoms in total. The number of hydrogen-bond acceptors (Lipinski definition) is 2. The van der Waals surface area contributed by atoms with Crippen LogP contribution in [0.25, 0.3) is 0 Å². The number of carbonyl (C=O) groups is 1. The van der Waals surface area contributed by atoms with Crippen molar-refractivity contribution in [2.45, 2.75) is 115 Å². The summed E-state index contributed by atoms with van der Waals surface area (Å²) in [6.07, 6.45) is 20.1. The molecule has 0 aromatic carbocycles. The number of aliphatic carboxylic acids is 1. The van der Waals surface area contributed by atoms with Gasteiger partial charge in [-0.1, -0.05) is 83.5 Å². The lowest BCUT2D eigenvalue weighted by molar-refractivity contribution is -0.165. The summed E-state index contributed by atoms with van der Waals surface area (Å²) >= 11 is 0.